The average molecular weight is 309 g/mol. The highest BCUT2D eigenvalue weighted by Gasteiger charge is 2.08. The van der Waals surface area contributed by atoms with Crippen molar-refractivity contribution in [3.63, 3.8) is 0 Å². The van der Waals surface area contributed by atoms with Crippen LogP contribution in [0, 0.1) is 13.8 Å². The molecule has 0 aromatic heterocycles. The molecule has 3 heteroatoms. The van der Waals surface area contributed by atoms with Gasteiger partial charge in [0, 0.05) is 6.08 Å². The van der Waals surface area contributed by atoms with E-state index >= 15 is 0 Å². The van der Waals surface area contributed by atoms with Crippen LogP contribution in [0.4, 0.5) is 0 Å². The van der Waals surface area contributed by atoms with Gasteiger partial charge in [0.2, 0.25) is 5.91 Å². The summed E-state index contributed by atoms with van der Waals surface area (Å²) in [6.45, 7) is 6.15. The van der Waals surface area contributed by atoms with E-state index in [9.17, 15) is 4.79 Å². The summed E-state index contributed by atoms with van der Waals surface area (Å²) in [4.78, 5) is 12.1. The Labute approximate surface area is 138 Å². The zero-order valence-corrected chi connectivity index (χ0v) is 14.1. The second-order valence-electron chi connectivity index (χ2n) is 5.68. The average Bonchev–Trinajstić information content (AvgIpc) is 2.55. The van der Waals surface area contributed by atoms with Crippen molar-refractivity contribution in [1.29, 1.82) is 0 Å². The molecule has 0 saturated carbocycles. The van der Waals surface area contributed by atoms with Gasteiger partial charge in [0.25, 0.3) is 0 Å². The van der Waals surface area contributed by atoms with Crippen LogP contribution in [0.5, 0.6) is 5.75 Å². The Morgan fingerprint density at radius 3 is 2.39 bits per heavy atom. The van der Waals surface area contributed by atoms with Crippen LogP contribution in [0.2, 0.25) is 0 Å². The zero-order chi connectivity index (χ0) is 16.8. The van der Waals surface area contributed by atoms with Crippen molar-refractivity contribution in [3.05, 3.63) is 70.8 Å². The number of rotatable bonds is 5. The van der Waals surface area contributed by atoms with Crippen LogP contribution in [-0.4, -0.2) is 13.0 Å². The molecule has 0 heterocycles. The molecular formula is C20H23NO2. The molecule has 2 rings (SSSR count). The molecule has 23 heavy (non-hydrogen) atoms. The predicted molar refractivity (Wildman–Crippen MR) is 94.5 cm³/mol. The van der Waals surface area contributed by atoms with Crippen molar-refractivity contribution in [1.82, 2.24) is 5.32 Å². The molecule has 0 aliphatic heterocycles. The molecule has 0 saturated heterocycles. The van der Waals surface area contributed by atoms with Crippen LogP contribution >= 0.6 is 0 Å². The highest BCUT2D eigenvalue weighted by Crippen LogP contribution is 2.17. The van der Waals surface area contributed by atoms with Crippen LogP contribution in [0.1, 0.15) is 35.2 Å². The van der Waals surface area contributed by atoms with E-state index in [0.717, 1.165) is 16.9 Å². The van der Waals surface area contributed by atoms with Crippen molar-refractivity contribution < 1.29 is 9.53 Å². The van der Waals surface area contributed by atoms with Crippen molar-refractivity contribution in [2.24, 2.45) is 0 Å². The number of ether oxygens (including phenoxy) is 1. The van der Waals surface area contributed by atoms with E-state index in [0.29, 0.717) is 0 Å². The number of nitrogens with one attached hydrogen (secondary N) is 1. The van der Waals surface area contributed by atoms with E-state index in [1.165, 1.54) is 11.1 Å². The minimum Gasteiger partial charge on any atom is -0.497 e. The van der Waals surface area contributed by atoms with Gasteiger partial charge in [-0.15, -0.1) is 0 Å². The fourth-order valence-electron chi connectivity index (χ4n) is 2.27. The van der Waals surface area contributed by atoms with Crippen molar-refractivity contribution in [2.45, 2.75) is 26.8 Å². The summed E-state index contributed by atoms with van der Waals surface area (Å²) < 4.78 is 5.11. The lowest BCUT2D eigenvalue weighted by molar-refractivity contribution is -0.117. The number of benzene rings is 2. The maximum Gasteiger partial charge on any atom is 0.244 e. The first-order valence-electron chi connectivity index (χ1n) is 7.69. The smallest absolute Gasteiger partial charge is 0.244 e. The SMILES string of the molecule is COc1ccc(/C=C/C(=O)N[C@H](C)c2ccc(C)c(C)c2)cc1. The predicted octanol–water partition coefficient (Wildman–Crippen LogP) is 4.20. The number of methoxy groups -OCH3 is 1. The summed E-state index contributed by atoms with van der Waals surface area (Å²) in [7, 11) is 1.63. The second kappa shape index (κ2) is 7.63. The molecule has 3 nitrogen and oxygen atoms in total. The summed E-state index contributed by atoms with van der Waals surface area (Å²) in [5, 5.41) is 2.99. The molecule has 0 radical (unpaired) electrons. The molecule has 0 aliphatic carbocycles. The highest BCUT2D eigenvalue weighted by molar-refractivity contribution is 5.92. The summed E-state index contributed by atoms with van der Waals surface area (Å²) in [6, 6.07) is 13.8. The third-order valence-electron chi connectivity index (χ3n) is 3.93. The van der Waals surface area contributed by atoms with Gasteiger partial charge in [-0.3, -0.25) is 4.79 Å². The summed E-state index contributed by atoms with van der Waals surface area (Å²) >= 11 is 0. The molecule has 120 valence electrons. The molecule has 0 unspecified atom stereocenters. The zero-order valence-electron chi connectivity index (χ0n) is 14.1. The lowest BCUT2D eigenvalue weighted by Crippen LogP contribution is -2.24. The number of aryl methyl sites for hydroxylation is 2. The monoisotopic (exact) mass is 309 g/mol. The van der Waals surface area contributed by atoms with Crippen LogP contribution in [-0.2, 0) is 4.79 Å². The molecule has 1 N–H and O–H groups in total. The first-order valence-corrected chi connectivity index (χ1v) is 7.69. The lowest BCUT2D eigenvalue weighted by atomic mass is 10.0. The Morgan fingerprint density at radius 1 is 1.09 bits per heavy atom. The number of carbonyl (C=O) groups is 1. The van der Waals surface area contributed by atoms with Gasteiger partial charge in [-0.1, -0.05) is 30.3 Å². The Hall–Kier alpha value is -2.55. The molecule has 0 fully saturated rings. The van der Waals surface area contributed by atoms with Gasteiger partial charge in [0.15, 0.2) is 0 Å². The minimum absolute atomic E-state index is 0.0256. The number of hydrogen-bond acceptors (Lipinski definition) is 2. The van der Waals surface area contributed by atoms with Gasteiger partial charge in [-0.25, -0.2) is 0 Å². The normalized spacial score (nSPS) is 12.2. The van der Waals surface area contributed by atoms with E-state index < -0.39 is 0 Å². The number of hydrogen-bond donors (Lipinski definition) is 1. The van der Waals surface area contributed by atoms with Crippen LogP contribution in [0.25, 0.3) is 6.08 Å². The second-order valence-corrected chi connectivity index (χ2v) is 5.68. The fourth-order valence-corrected chi connectivity index (χ4v) is 2.27. The quantitative estimate of drug-likeness (QED) is 0.841. The van der Waals surface area contributed by atoms with Crippen LogP contribution in [0.3, 0.4) is 0 Å². The highest BCUT2D eigenvalue weighted by atomic mass is 16.5. The van der Waals surface area contributed by atoms with Crippen molar-refractivity contribution in [2.75, 3.05) is 7.11 Å². The molecule has 2 aromatic rings. The maximum absolute atomic E-state index is 12.1. The topological polar surface area (TPSA) is 38.3 Å². The fraction of sp³-hybridized carbons (Fsp3) is 0.250. The molecule has 1 atom stereocenters. The Bertz CT molecular complexity index is 702. The van der Waals surface area contributed by atoms with E-state index in [2.05, 4.69) is 37.4 Å². The van der Waals surface area contributed by atoms with E-state index in [1.54, 1.807) is 19.3 Å². The summed E-state index contributed by atoms with van der Waals surface area (Å²) in [5.41, 5.74) is 4.56. The molecule has 2 aromatic carbocycles. The minimum atomic E-state index is -0.105. The van der Waals surface area contributed by atoms with E-state index in [-0.39, 0.29) is 11.9 Å². The van der Waals surface area contributed by atoms with Gasteiger partial charge in [0.1, 0.15) is 5.75 Å². The summed E-state index contributed by atoms with van der Waals surface area (Å²) in [5.74, 6) is 0.696. The third-order valence-corrected chi connectivity index (χ3v) is 3.93. The van der Waals surface area contributed by atoms with Gasteiger partial charge in [-0.05, 0) is 61.2 Å². The van der Waals surface area contributed by atoms with Gasteiger partial charge >= 0.3 is 0 Å². The molecule has 0 aliphatic rings. The Morgan fingerprint density at radius 2 is 1.78 bits per heavy atom. The largest absolute Gasteiger partial charge is 0.497 e. The van der Waals surface area contributed by atoms with Gasteiger partial charge in [-0.2, -0.15) is 0 Å². The first kappa shape index (κ1) is 16.8. The molecule has 0 spiro atoms. The maximum atomic E-state index is 12.1. The Balaban J connectivity index is 1.97. The number of amides is 1. The third kappa shape index (κ3) is 4.71. The molecule has 1 amide bonds. The summed E-state index contributed by atoms with van der Waals surface area (Å²) in [6.07, 6.45) is 3.35. The van der Waals surface area contributed by atoms with Crippen LogP contribution in [0.15, 0.2) is 48.5 Å². The standard InChI is InChI=1S/C20H23NO2/c1-14-5-9-18(13-15(14)2)16(3)21-20(22)12-8-17-6-10-19(23-4)11-7-17/h5-13,16H,1-4H3,(H,21,22)/b12-8+/t16-/m1/s1. The van der Waals surface area contributed by atoms with Gasteiger partial charge < -0.3 is 10.1 Å². The van der Waals surface area contributed by atoms with Crippen LogP contribution < -0.4 is 10.1 Å². The van der Waals surface area contributed by atoms with E-state index in [4.69, 9.17) is 4.74 Å². The van der Waals surface area contributed by atoms with E-state index in [1.807, 2.05) is 31.2 Å². The lowest BCUT2D eigenvalue weighted by Gasteiger charge is -2.14. The molecule has 0 bridgehead atoms. The number of carbonyl (C=O) groups excluding carboxylic acids is 1. The first-order chi connectivity index (χ1) is 11.0. The van der Waals surface area contributed by atoms with Crippen molar-refractivity contribution >= 4 is 12.0 Å². The van der Waals surface area contributed by atoms with Crippen molar-refractivity contribution in [3.8, 4) is 5.75 Å². The molecular weight excluding hydrogens is 286 g/mol. The Kier molecular flexibility index (Phi) is 5.58. The van der Waals surface area contributed by atoms with Gasteiger partial charge in [0.05, 0.1) is 13.2 Å².